The second-order valence-electron chi connectivity index (χ2n) is 4.27. The molecule has 0 spiro atoms. The maximum absolute atomic E-state index is 12.1. The predicted octanol–water partition coefficient (Wildman–Crippen LogP) is 4.74. The van der Waals surface area contributed by atoms with Crippen molar-refractivity contribution in [2.75, 3.05) is 5.32 Å². The Kier molecular flexibility index (Phi) is 4.78. The Morgan fingerprint density at radius 1 is 1.36 bits per heavy atom. The lowest BCUT2D eigenvalue weighted by Crippen LogP contribution is -2.17. The first-order valence-electron chi connectivity index (χ1n) is 5.97. The van der Waals surface area contributed by atoms with Gasteiger partial charge in [0.05, 0.1) is 0 Å². The molecule has 1 aromatic carbocycles. The van der Waals surface area contributed by atoms with Crippen LogP contribution in [0.15, 0.2) is 24.3 Å². The van der Waals surface area contributed by atoms with Crippen molar-refractivity contribution in [2.45, 2.75) is 19.3 Å². The van der Waals surface area contributed by atoms with Gasteiger partial charge in [0.25, 0.3) is 0 Å². The van der Waals surface area contributed by atoms with Gasteiger partial charge in [-0.1, -0.05) is 23.7 Å². The predicted molar refractivity (Wildman–Crippen MR) is 77.0 cm³/mol. The van der Waals surface area contributed by atoms with Gasteiger partial charge in [0.15, 0.2) is 5.15 Å². The van der Waals surface area contributed by atoms with Gasteiger partial charge in [0.2, 0.25) is 0 Å². The van der Waals surface area contributed by atoms with Gasteiger partial charge in [0.1, 0.15) is 22.4 Å². The Morgan fingerprint density at radius 2 is 2.00 bits per heavy atom. The van der Waals surface area contributed by atoms with Crippen molar-refractivity contribution < 1.29 is 17.9 Å². The van der Waals surface area contributed by atoms with Crippen LogP contribution in [0.5, 0.6) is 5.75 Å². The summed E-state index contributed by atoms with van der Waals surface area (Å²) < 4.78 is 43.9. The van der Waals surface area contributed by atoms with Crippen molar-refractivity contribution in [3.8, 4) is 11.8 Å². The number of ether oxygens (including phenoxy) is 1. The van der Waals surface area contributed by atoms with Crippen LogP contribution in [0.3, 0.4) is 0 Å². The van der Waals surface area contributed by atoms with Crippen LogP contribution in [0.4, 0.5) is 18.2 Å². The summed E-state index contributed by atoms with van der Waals surface area (Å²) in [5.74, 6) is -0.290. The Labute approximate surface area is 133 Å². The number of nitriles is 1. The SMILES string of the molecule is C[C@H](Nc1snc(Cl)c1C#N)c1ccc(OC(F)(F)F)cc1. The minimum atomic E-state index is -4.72. The quantitative estimate of drug-likeness (QED) is 0.867. The smallest absolute Gasteiger partial charge is 0.406 e. The lowest BCUT2D eigenvalue weighted by Gasteiger charge is -2.15. The molecular weight excluding hydrogens is 339 g/mol. The van der Waals surface area contributed by atoms with Crippen LogP contribution in [-0.4, -0.2) is 10.7 Å². The van der Waals surface area contributed by atoms with E-state index in [1.165, 1.54) is 24.3 Å². The molecule has 0 unspecified atom stereocenters. The van der Waals surface area contributed by atoms with Gasteiger partial charge in [-0.25, -0.2) is 0 Å². The lowest BCUT2D eigenvalue weighted by molar-refractivity contribution is -0.274. The van der Waals surface area contributed by atoms with Crippen molar-refractivity contribution in [2.24, 2.45) is 0 Å². The molecule has 0 saturated carbocycles. The largest absolute Gasteiger partial charge is 0.573 e. The van der Waals surface area contributed by atoms with Crippen molar-refractivity contribution in [1.29, 1.82) is 5.26 Å². The number of nitrogens with zero attached hydrogens (tertiary/aromatic N) is 2. The molecule has 0 amide bonds. The van der Waals surface area contributed by atoms with Crippen LogP contribution >= 0.6 is 23.1 Å². The summed E-state index contributed by atoms with van der Waals surface area (Å²) in [6.45, 7) is 1.80. The van der Waals surface area contributed by atoms with Gasteiger partial charge in [0, 0.05) is 6.04 Å². The van der Waals surface area contributed by atoms with Crippen molar-refractivity contribution in [3.05, 3.63) is 40.5 Å². The summed E-state index contributed by atoms with van der Waals surface area (Å²) in [5, 5.41) is 12.7. The molecule has 2 rings (SSSR count). The molecule has 0 saturated heterocycles. The molecule has 1 heterocycles. The molecule has 22 heavy (non-hydrogen) atoms. The second-order valence-corrected chi connectivity index (χ2v) is 5.40. The number of halogens is 4. The normalized spacial score (nSPS) is 12.5. The average Bonchev–Trinajstić information content (AvgIpc) is 2.78. The Balaban J connectivity index is 2.10. The van der Waals surface area contributed by atoms with E-state index >= 15 is 0 Å². The standard InChI is InChI=1S/C13H9ClF3N3OS/c1-7(19-12-10(6-18)11(14)20-22-12)8-2-4-9(5-3-8)21-13(15,16)17/h2-5,7,19H,1H3/t7-/m0/s1. The van der Waals surface area contributed by atoms with Gasteiger partial charge in [-0.05, 0) is 36.2 Å². The van der Waals surface area contributed by atoms with E-state index in [-0.39, 0.29) is 22.5 Å². The Hall–Kier alpha value is -1.98. The summed E-state index contributed by atoms with van der Waals surface area (Å²) >= 11 is 6.82. The monoisotopic (exact) mass is 347 g/mol. The topological polar surface area (TPSA) is 57.9 Å². The highest BCUT2D eigenvalue weighted by atomic mass is 35.5. The van der Waals surface area contributed by atoms with Crippen LogP contribution < -0.4 is 10.1 Å². The van der Waals surface area contributed by atoms with E-state index in [1.807, 2.05) is 6.07 Å². The number of rotatable bonds is 4. The van der Waals surface area contributed by atoms with E-state index < -0.39 is 6.36 Å². The van der Waals surface area contributed by atoms with Gasteiger partial charge in [-0.3, -0.25) is 0 Å². The molecule has 0 fully saturated rings. The van der Waals surface area contributed by atoms with E-state index in [1.54, 1.807) is 6.92 Å². The van der Waals surface area contributed by atoms with Crippen LogP contribution in [-0.2, 0) is 0 Å². The lowest BCUT2D eigenvalue weighted by atomic mass is 10.1. The summed E-state index contributed by atoms with van der Waals surface area (Å²) in [5.41, 5.74) is 0.971. The summed E-state index contributed by atoms with van der Waals surface area (Å²) in [4.78, 5) is 0. The van der Waals surface area contributed by atoms with Crippen LogP contribution in [0, 0.1) is 11.3 Å². The fourth-order valence-corrected chi connectivity index (χ4v) is 2.73. The number of nitrogens with one attached hydrogen (secondary N) is 1. The number of aromatic nitrogens is 1. The van der Waals surface area contributed by atoms with Crippen molar-refractivity contribution in [3.63, 3.8) is 0 Å². The average molecular weight is 348 g/mol. The van der Waals surface area contributed by atoms with Crippen LogP contribution in [0.1, 0.15) is 24.1 Å². The molecular formula is C13H9ClF3N3OS. The number of benzene rings is 1. The maximum atomic E-state index is 12.1. The number of alkyl halides is 3. The van der Waals surface area contributed by atoms with E-state index in [9.17, 15) is 13.2 Å². The maximum Gasteiger partial charge on any atom is 0.573 e. The molecule has 0 aliphatic heterocycles. The third kappa shape index (κ3) is 4.02. The van der Waals surface area contributed by atoms with Gasteiger partial charge in [-0.15, -0.1) is 13.2 Å². The Morgan fingerprint density at radius 3 is 2.55 bits per heavy atom. The molecule has 1 atom stereocenters. The molecule has 0 bridgehead atoms. The summed E-state index contributed by atoms with van der Waals surface area (Å²) in [6.07, 6.45) is -4.72. The number of anilines is 1. The summed E-state index contributed by atoms with van der Waals surface area (Å²) in [6, 6.07) is 7.17. The van der Waals surface area contributed by atoms with Gasteiger partial charge in [-0.2, -0.15) is 9.64 Å². The van der Waals surface area contributed by atoms with Gasteiger partial charge >= 0.3 is 6.36 Å². The molecule has 116 valence electrons. The molecule has 4 nitrogen and oxygen atoms in total. The zero-order valence-corrected chi connectivity index (χ0v) is 12.7. The number of hydrogen-bond donors (Lipinski definition) is 1. The number of hydrogen-bond acceptors (Lipinski definition) is 5. The molecule has 0 aliphatic carbocycles. The van der Waals surface area contributed by atoms with E-state index in [0.29, 0.717) is 5.00 Å². The molecule has 9 heteroatoms. The first kappa shape index (κ1) is 16.4. The summed E-state index contributed by atoms with van der Waals surface area (Å²) in [7, 11) is 0. The van der Waals surface area contributed by atoms with Crippen molar-refractivity contribution >= 4 is 28.1 Å². The fourth-order valence-electron chi connectivity index (χ4n) is 1.70. The highest BCUT2D eigenvalue weighted by Gasteiger charge is 2.31. The van der Waals surface area contributed by atoms with Crippen LogP contribution in [0.2, 0.25) is 5.15 Å². The second kappa shape index (κ2) is 6.42. The minimum absolute atomic E-state index is 0.121. The third-order valence-electron chi connectivity index (χ3n) is 2.72. The van der Waals surface area contributed by atoms with Crippen LogP contribution in [0.25, 0.3) is 0 Å². The molecule has 1 aromatic heterocycles. The van der Waals surface area contributed by atoms with Crippen molar-refractivity contribution in [1.82, 2.24) is 4.37 Å². The minimum Gasteiger partial charge on any atom is -0.406 e. The highest BCUT2D eigenvalue weighted by Crippen LogP contribution is 2.31. The third-order valence-corrected chi connectivity index (χ3v) is 3.88. The molecule has 0 aliphatic rings. The first-order valence-corrected chi connectivity index (χ1v) is 7.13. The van der Waals surface area contributed by atoms with E-state index in [0.717, 1.165) is 17.1 Å². The first-order chi connectivity index (χ1) is 10.3. The molecule has 0 radical (unpaired) electrons. The van der Waals surface area contributed by atoms with E-state index in [2.05, 4.69) is 14.4 Å². The Bertz CT molecular complexity index is 694. The van der Waals surface area contributed by atoms with Gasteiger partial charge < -0.3 is 10.1 Å². The van der Waals surface area contributed by atoms with E-state index in [4.69, 9.17) is 16.9 Å². The fraction of sp³-hybridized carbons (Fsp3) is 0.231. The zero-order chi connectivity index (χ0) is 16.3. The zero-order valence-electron chi connectivity index (χ0n) is 11.1. The molecule has 1 N–H and O–H groups in total. The highest BCUT2D eigenvalue weighted by molar-refractivity contribution is 7.10. The molecule has 2 aromatic rings.